The molecular weight excluding hydrogens is 200 g/mol. The number of nitrogens with zero attached hydrogens (tertiary/aromatic N) is 1. The molecule has 1 aromatic carbocycles. The van der Waals surface area contributed by atoms with Crippen molar-refractivity contribution in [2.45, 2.75) is 25.3 Å². The van der Waals surface area contributed by atoms with E-state index >= 15 is 0 Å². The van der Waals surface area contributed by atoms with Crippen LogP contribution in [0.2, 0.25) is 0 Å². The van der Waals surface area contributed by atoms with Gasteiger partial charge in [0.1, 0.15) is 5.75 Å². The standard InChI is InChI=1S/C13H20N2O/c1-15(9-10-3-2-4-13(10)14)11-5-7-12(16)8-6-11/h5-8,10,13,16H,2-4,9,14H2,1H3. The molecule has 1 fully saturated rings. The molecule has 0 heterocycles. The maximum Gasteiger partial charge on any atom is 0.115 e. The van der Waals surface area contributed by atoms with E-state index in [1.54, 1.807) is 12.1 Å². The van der Waals surface area contributed by atoms with Gasteiger partial charge in [-0.2, -0.15) is 0 Å². The summed E-state index contributed by atoms with van der Waals surface area (Å²) in [6, 6.07) is 7.69. The molecule has 0 spiro atoms. The van der Waals surface area contributed by atoms with Crippen LogP contribution in [0.5, 0.6) is 5.75 Å². The van der Waals surface area contributed by atoms with E-state index in [1.165, 1.54) is 12.8 Å². The molecular formula is C13H20N2O. The van der Waals surface area contributed by atoms with Crippen molar-refractivity contribution in [1.29, 1.82) is 0 Å². The second-order valence-electron chi connectivity index (χ2n) is 4.75. The molecule has 3 nitrogen and oxygen atoms in total. The maximum atomic E-state index is 9.23. The van der Waals surface area contributed by atoms with E-state index in [0.717, 1.165) is 18.7 Å². The third-order valence-electron chi connectivity index (χ3n) is 3.52. The van der Waals surface area contributed by atoms with Crippen molar-refractivity contribution >= 4 is 5.69 Å². The minimum atomic E-state index is 0.315. The van der Waals surface area contributed by atoms with Gasteiger partial charge in [0.25, 0.3) is 0 Å². The summed E-state index contributed by atoms with van der Waals surface area (Å²) in [5, 5.41) is 9.23. The van der Waals surface area contributed by atoms with Crippen molar-refractivity contribution in [3.05, 3.63) is 24.3 Å². The summed E-state index contributed by atoms with van der Waals surface area (Å²) >= 11 is 0. The molecule has 16 heavy (non-hydrogen) atoms. The van der Waals surface area contributed by atoms with Crippen LogP contribution in [0.4, 0.5) is 5.69 Å². The van der Waals surface area contributed by atoms with E-state index in [1.807, 2.05) is 12.1 Å². The maximum absolute atomic E-state index is 9.23. The highest BCUT2D eigenvalue weighted by molar-refractivity contribution is 5.48. The first kappa shape index (κ1) is 11.3. The Bertz CT molecular complexity index is 336. The van der Waals surface area contributed by atoms with Gasteiger partial charge in [0.2, 0.25) is 0 Å². The van der Waals surface area contributed by atoms with Crippen molar-refractivity contribution in [2.75, 3.05) is 18.5 Å². The van der Waals surface area contributed by atoms with Crippen molar-refractivity contribution in [3.8, 4) is 5.75 Å². The lowest BCUT2D eigenvalue weighted by Gasteiger charge is -2.25. The first-order valence-corrected chi connectivity index (χ1v) is 5.92. The molecule has 3 N–H and O–H groups in total. The summed E-state index contributed by atoms with van der Waals surface area (Å²) in [7, 11) is 2.08. The summed E-state index contributed by atoms with van der Waals surface area (Å²) < 4.78 is 0. The van der Waals surface area contributed by atoms with Crippen LogP contribution in [-0.2, 0) is 0 Å². The molecule has 0 radical (unpaired) electrons. The summed E-state index contributed by atoms with van der Waals surface area (Å²) in [6.07, 6.45) is 3.66. The molecule has 2 rings (SSSR count). The van der Waals surface area contributed by atoms with Crippen LogP contribution >= 0.6 is 0 Å². The first-order chi connectivity index (χ1) is 7.66. The lowest BCUT2D eigenvalue weighted by molar-refractivity contribution is 0.474. The summed E-state index contributed by atoms with van der Waals surface area (Å²) in [4.78, 5) is 2.22. The molecule has 1 aliphatic rings. The van der Waals surface area contributed by atoms with E-state index in [0.29, 0.717) is 17.7 Å². The molecule has 1 saturated carbocycles. The van der Waals surface area contributed by atoms with E-state index in [4.69, 9.17) is 5.73 Å². The number of aromatic hydroxyl groups is 1. The monoisotopic (exact) mass is 220 g/mol. The highest BCUT2D eigenvalue weighted by atomic mass is 16.3. The Labute approximate surface area is 96.9 Å². The number of rotatable bonds is 3. The third kappa shape index (κ3) is 2.47. The zero-order valence-electron chi connectivity index (χ0n) is 9.76. The predicted octanol–water partition coefficient (Wildman–Crippen LogP) is 1.96. The number of hydrogen-bond donors (Lipinski definition) is 2. The molecule has 88 valence electrons. The number of anilines is 1. The minimum absolute atomic E-state index is 0.315. The Morgan fingerprint density at radius 2 is 2.00 bits per heavy atom. The number of nitrogens with two attached hydrogens (primary N) is 1. The highest BCUT2D eigenvalue weighted by Gasteiger charge is 2.24. The largest absolute Gasteiger partial charge is 0.508 e. The van der Waals surface area contributed by atoms with E-state index in [-0.39, 0.29) is 0 Å². The van der Waals surface area contributed by atoms with Gasteiger partial charge in [0, 0.05) is 25.3 Å². The molecule has 0 aromatic heterocycles. The quantitative estimate of drug-likeness (QED) is 0.818. The molecule has 0 aliphatic heterocycles. The molecule has 2 unspecified atom stereocenters. The van der Waals surface area contributed by atoms with Crippen LogP contribution in [0, 0.1) is 5.92 Å². The Hall–Kier alpha value is -1.22. The van der Waals surface area contributed by atoms with Gasteiger partial charge in [-0.3, -0.25) is 0 Å². The Morgan fingerprint density at radius 1 is 1.31 bits per heavy atom. The lowest BCUT2D eigenvalue weighted by Crippen LogP contribution is -2.34. The van der Waals surface area contributed by atoms with Gasteiger partial charge in [-0.1, -0.05) is 6.42 Å². The molecule has 1 aliphatic carbocycles. The van der Waals surface area contributed by atoms with Crippen molar-refractivity contribution < 1.29 is 5.11 Å². The van der Waals surface area contributed by atoms with E-state index in [2.05, 4.69) is 11.9 Å². The molecule has 3 heteroatoms. The van der Waals surface area contributed by atoms with Crippen LogP contribution in [-0.4, -0.2) is 24.7 Å². The predicted molar refractivity (Wildman–Crippen MR) is 66.7 cm³/mol. The first-order valence-electron chi connectivity index (χ1n) is 5.92. The zero-order valence-corrected chi connectivity index (χ0v) is 9.76. The molecule has 1 aromatic rings. The van der Waals surface area contributed by atoms with E-state index < -0.39 is 0 Å². The molecule has 0 bridgehead atoms. The van der Waals surface area contributed by atoms with Crippen LogP contribution in [0.1, 0.15) is 19.3 Å². The molecule has 0 saturated heterocycles. The van der Waals surface area contributed by atoms with Gasteiger partial charge in [-0.25, -0.2) is 0 Å². The van der Waals surface area contributed by atoms with Crippen molar-refractivity contribution in [2.24, 2.45) is 11.7 Å². The van der Waals surface area contributed by atoms with Crippen LogP contribution in [0.3, 0.4) is 0 Å². The SMILES string of the molecule is CN(CC1CCCC1N)c1ccc(O)cc1. The number of phenols is 1. The fraction of sp³-hybridized carbons (Fsp3) is 0.538. The van der Waals surface area contributed by atoms with Crippen molar-refractivity contribution in [3.63, 3.8) is 0 Å². The highest BCUT2D eigenvalue weighted by Crippen LogP contribution is 2.26. The van der Waals surface area contributed by atoms with E-state index in [9.17, 15) is 5.11 Å². The second-order valence-corrected chi connectivity index (χ2v) is 4.75. The van der Waals surface area contributed by atoms with Crippen LogP contribution in [0.15, 0.2) is 24.3 Å². The Morgan fingerprint density at radius 3 is 2.56 bits per heavy atom. The van der Waals surface area contributed by atoms with Gasteiger partial charge in [-0.15, -0.1) is 0 Å². The topological polar surface area (TPSA) is 49.5 Å². The van der Waals surface area contributed by atoms with Gasteiger partial charge < -0.3 is 15.7 Å². The molecule has 2 atom stereocenters. The number of hydrogen-bond acceptors (Lipinski definition) is 3. The van der Waals surface area contributed by atoms with Crippen LogP contribution in [0.25, 0.3) is 0 Å². The normalized spacial score (nSPS) is 24.6. The van der Waals surface area contributed by atoms with Crippen molar-refractivity contribution in [1.82, 2.24) is 0 Å². The summed E-state index contributed by atoms with van der Waals surface area (Å²) in [5.74, 6) is 0.925. The smallest absolute Gasteiger partial charge is 0.115 e. The zero-order chi connectivity index (χ0) is 11.5. The fourth-order valence-electron chi connectivity index (χ4n) is 2.46. The van der Waals surface area contributed by atoms with Gasteiger partial charge in [0.15, 0.2) is 0 Å². The lowest BCUT2D eigenvalue weighted by atomic mass is 10.0. The molecule has 0 amide bonds. The average molecular weight is 220 g/mol. The number of phenolic OH excluding ortho intramolecular Hbond substituents is 1. The van der Waals surface area contributed by atoms with Gasteiger partial charge >= 0.3 is 0 Å². The summed E-state index contributed by atoms with van der Waals surface area (Å²) in [6.45, 7) is 1.01. The van der Waals surface area contributed by atoms with Crippen LogP contribution < -0.4 is 10.6 Å². The fourth-order valence-corrected chi connectivity index (χ4v) is 2.46. The van der Waals surface area contributed by atoms with Gasteiger partial charge in [0.05, 0.1) is 0 Å². The van der Waals surface area contributed by atoms with Gasteiger partial charge in [-0.05, 0) is 43.0 Å². The third-order valence-corrected chi connectivity index (χ3v) is 3.52. The Kier molecular flexibility index (Phi) is 3.34. The number of benzene rings is 1. The second kappa shape index (κ2) is 4.74. The Balaban J connectivity index is 1.97. The minimum Gasteiger partial charge on any atom is -0.508 e. The average Bonchev–Trinajstić information content (AvgIpc) is 2.65. The summed E-state index contributed by atoms with van der Waals surface area (Å²) in [5.41, 5.74) is 7.20.